The monoisotopic (exact) mass is 273 g/mol. The molecule has 0 N–H and O–H groups in total. The highest BCUT2D eigenvalue weighted by molar-refractivity contribution is 6.06. The molecule has 0 aliphatic carbocycles. The first-order valence-electron chi connectivity index (χ1n) is 6.55. The molecule has 0 bridgehead atoms. The van der Waals surface area contributed by atoms with E-state index in [2.05, 4.69) is 0 Å². The summed E-state index contributed by atoms with van der Waals surface area (Å²) in [5.74, 6) is -0.703. The van der Waals surface area contributed by atoms with E-state index >= 15 is 0 Å². The summed E-state index contributed by atoms with van der Waals surface area (Å²) in [5, 5.41) is 0.969. The van der Waals surface area contributed by atoms with Gasteiger partial charge in [0.05, 0.1) is 19.2 Å². The Hall–Kier alpha value is -2.30. The number of rotatable bonds is 3. The van der Waals surface area contributed by atoms with Crippen molar-refractivity contribution in [1.82, 2.24) is 4.57 Å². The van der Waals surface area contributed by atoms with Crippen molar-refractivity contribution in [2.75, 3.05) is 13.7 Å². The molecule has 1 unspecified atom stereocenters. The lowest BCUT2D eigenvalue weighted by atomic mass is 10.1. The van der Waals surface area contributed by atoms with Crippen LogP contribution in [0.3, 0.4) is 0 Å². The third kappa shape index (κ3) is 1.78. The largest absolute Gasteiger partial charge is 0.497 e. The van der Waals surface area contributed by atoms with Crippen LogP contribution in [-0.4, -0.2) is 30.2 Å². The van der Waals surface area contributed by atoms with Gasteiger partial charge in [-0.1, -0.05) is 0 Å². The summed E-state index contributed by atoms with van der Waals surface area (Å²) >= 11 is 0. The normalized spacial score (nSPS) is 17.3. The Morgan fingerprint density at radius 2 is 2.20 bits per heavy atom. The van der Waals surface area contributed by atoms with Crippen LogP contribution in [0.4, 0.5) is 0 Å². The number of hydrogen-bond acceptors (Lipinski definition) is 4. The Morgan fingerprint density at radius 3 is 2.90 bits per heavy atom. The van der Waals surface area contributed by atoms with Crippen molar-refractivity contribution < 1.29 is 19.1 Å². The Morgan fingerprint density at radius 1 is 1.40 bits per heavy atom. The van der Waals surface area contributed by atoms with Crippen LogP contribution in [0.15, 0.2) is 24.3 Å². The van der Waals surface area contributed by atoms with Crippen molar-refractivity contribution in [3.63, 3.8) is 0 Å². The predicted molar refractivity (Wildman–Crippen MR) is 72.9 cm³/mol. The number of hydrogen-bond donors (Lipinski definition) is 0. The fraction of sp³-hybridized carbons (Fsp3) is 0.333. The quantitative estimate of drug-likeness (QED) is 0.634. The molecule has 0 fully saturated rings. The molecule has 1 aliphatic rings. The summed E-state index contributed by atoms with van der Waals surface area (Å²) in [5.41, 5.74) is 1.62. The molecule has 1 aromatic carbocycles. The lowest BCUT2D eigenvalue weighted by Crippen LogP contribution is -2.25. The topological polar surface area (TPSA) is 57.5 Å². The molecule has 0 saturated carbocycles. The number of ether oxygens (including phenoxy) is 2. The molecule has 1 aromatic heterocycles. The Kier molecular flexibility index (Phi) is 2.97. The van der Waals surface area contributed by atoms with Gasteiger partial charge in [0.15, 0.2) is 0 Å². The molecule has 0 amide bonds. The zero-order chi connectivity index (χ0) is 14.3. The zero-order valence-corrected chi connectivity index (χ0v) is 11.4. The summed E-state index contributed by atoms with van der Waals surface area (Å²) in [6.45, 7) is 2.02. The first-order chi connectivity index (χ1) is 9.65. The predicted octanol–water partition coefficient (Wildman–Crippen LogP) is 2.03. The molecule has 104 valence electrons. The highest BCUT2D eigenvalue weighted by Gasteiger charge is 2.38. The van der Waals surface area contributed by atoms with E-state index in [1.165, 1.54) is 0 Å². The second-order valence-electron chi connectivity index (χ2n) is 4.74. The maximum absolute atomic E-state index is 12.4. The molecule has 20 heavy (non-hydrogen) atoms. The number of carbonyl (C=O) groups is 2. The molecular formula is C15H15NO4. The molecular weight excluding hydrogens is 258 g/mol. The van der Waals surface area contributed by atoms with E-state index in [0.29, 0.717) is 12.2 Å². The van der Waals surface area contributed by atoms with Crippen LogP contribution < -0.4 is 4.74 Å². The minimum absolute atomic E-state index is 0.221. The standard InChI is InChI=1S/C15H15NO4/c1-3-20-15(18)12-7-10-6-9-4-5-11(19-2)8-13(9)16(10)14(12)17/h4-6,8,12H,3,7H2,1-2H3. The highest BCUT2D eigenvalue weighted by Crippen LogP contribution is 2.31. The third-order valence-corrected chi connectivity index (χ3v) is 3.59. The van der Waals surface area contributed by atoms with Crippen molar-refractivity contribution in [2.45, 2.75) is 13.3 Å². The maximum atomic E-state index is 12.4. The van der Waals surface area contributed by atoms with Gasteiger partial charge in [-0.05, 0) is 25.1 Å². The van der Waals surface area contributed by atoms with Gasteiger partial charge in [0.25, 0.3) is 0 Å². The molecule has 0 radical (unpaired) electrons. The second kappa shape index (κ2) is 4.67. The van der Waals surface area contributed by atoms with Gasteiger partial charge in [-0.15, -0.1) is 0 Å². The first kappa shape index (κ1) is 12.7. The summed E-state index contributed by atoms with van der Waals surface area (Å²) < 4.78 is 11.7. The number of methoxy groups -OCH3 is 1. The van der Waals surface area contributed by atoms with E-state index in [-0.39, 0.29) is 12.5 Å². The minimum Gasteiger partial charge on any atom is -0.497 e. The van der Waals surface area contributed by atoms with Crippen LogP contribution in [0.1, 0.15) is 17.4 Å². The number of esters is 1. The Labute approximate surface area is 116 Å². The van der Waals surface area contributed by atoms with E-state index in [9.17, 15) is 9.59 Å². The minimum atomic E-state index is -0.722. The molecule has 0 saturated heterocycles. The van der Waals surface area contributed by atoms with Crippen LogP contribution in [0.2, 0.25) is 0 Å². The molecule has 2 heterocycles. The highest BCUT2D eigenvalue weighted by atomic mass is 16.5. The molecule has 3 rings (SSSR count). The average molecular weight is 273 g/mol. The lowest BCUT2D eigenvalue weighted by molar-refractivity contribution is -0.146. The summed E-state index contributed by atoms with van der Waals surface area (Å²) in [4.78, 5) is 24.2. The molecule has 0 spiro atoms. The van der Waals surface area contributed by atoms with E-state index in [1.54, 1.807) is 18.6 Å². The van der Waals surface area contributed by atoms with Crippen LogP contribution in [-0.2, 0) is 16.0 Å². The van der Waals surface area contributed by atoms with Crippen molar-refractivity contribution >= 4 is 22.8 Å². The van der Waals surface area contributed by atoms with E-state index < -0.39 is 11.9 Å². The second-order valence-corrected chi connectivity index (χ2v) is 4.74. The maximum Gasteiger partial charge on any atom is 0.318 e. The number of aromatic nitrogens is 1. The van der Waals surface area contributed by atoms with Gasteiger partial charge in [-0.3, -0.25) is 14.2 Å². The number of benzene rings is 1. The summed E-state index contributed by atoms with van der Waals surface area (Å²) in [7, 11) is 1.58. The smallest absolute Gasteiger partial charge is 0.318 e. The average Bonchev–Trinajstić information content (AvgIpc) is 2.95. The van der Waals surface area contributed by atoms with Crippen LogP contribution in [0.5, 0.6) is 5.75 Å². The number of fused-ring (bicyclic) bond motifs is 3. The van der Waals surface area contributed by atoms with Crippen molar-refractivity contribution in [2.24, 2.45) is 5.92 Å². The molecule has 2 aromatic rings. The van der Waals surface area contributed by atoms with Crippen LogP contribution in [0.25, 0.3) is 10.9 Å². The van der Waals surface area contributed by atoms with E-state index in [4.69, 9.17) is 9.47 Å². The van der Waals surface area contributed by atoms with Gasteiger partial charge in [-0.2, -0.15) is 0 Å². The summed E-state index contributed by atoms with van der Waals surface area (Å²) in [6.07, 6.45) is 0.397. The Balaban J connectivity index is 2.04. The van der Waals surface area contributed by atoms with Crippen molar-refractivity contribution in [3.8, 4) is 5.75 Å². The Bertz CT molecular complexity index is 701. The molecule has 1 atom stereocenters. The van der Waals surface area contributed by atoms with Crippen LogP contribution >= 0.6 is 0 Å². The van der Waals surface area contributed by atoms with Crippen LogP contribution in [0, 0.1) is 5.92 Å². The number of carbonyl (C=O) groups excluding carboxylic acids is 2. The van der Waals surface area contributed by atoms with E-state index in [0.717, 1.165) is 16.6 Å². The van der Waals surface area contributed by atoms with Gasteiger partial charge in [0.1, 0.15) is 11.7 Å². The summed E-state index contributed by atoms with van der Waals surface area (Å²) in [6, 6.07) is 7.51. The van der Waals surface area contributed by atoms with Crippen molar-refractivity contribution in [3.05, 3.63) is 30.0 Å². The number of nitrogens with zero attached hydrogens (tertiary/aromatic N) is 1. The fourth-order valence-electron chi connectivity index (χ4n) is 2.65. The van der Waals surface area contributed by atoms with Gasteiger partial charge < -0.3 is 9.47 Å². The first-order valence-corrected chi connectivity index (χ1v) is 6.55. The van der Waals surface area contributed by atoms with Gasteiger partial charge in [0, 0.05) is 23.6 Å². The van der Waals surface area contributed by atoms with Gasteiger partial charge in [-0.25, -0.2) is 0 Å². The molecule has 1 aliphatic heterocycles. The van der Waals surface area contributed by atoms with Crippen molar-refractivity contribution in [1.29, 1.82) is 0 Å². The fourth-order valence-corrected chi connectivity index (χ4v) is 2.65. The molecule has 5 nitrogen and oxygen atoms in total. The van der Waals surface area contributed by atoms with Gasteiger partial charge in [0.2, 0.25) is 5.91 Å². The molecule has 5 heteroatoms. The third-order valence-electron chi connectivity index (χ3n) is 3.59. The van der Waals surface area contributed by atoms with Gasteiger partial charge >= 0.3 is 5.97 Å². The van der Waals surface area contributed by atoms with E-state index in [1.807, 2.05) is 24.3 Å². The zero-order valence-electron chi connectivity index (χ0n) is 11.4. The SMILES string of the molecule is CCOC(=O)C1Cc2cc3ccc(OC)cc3n2C1=O. The lowest BCUT2D eigenvalue weighted by Gasteiger charge is -2.07.